The molecule has 0 aliphatic heterocycles. The van der Waals surface area contributed by atoms with Crippen LogP contribution in [-0.2, 0) is 14.3 Å². The number of methoxy groups -OCH3 is 1. The molecule has 2 N–H and O–H groups in total. The van der Waals surface area contributed by atoms with Crippen molar-refractivity contribution >= 4 is 12.1 Å². The van der Waals surface area contributed by atoms with E-state index in [-0.39, 0.29) is 5.92 Å². The molecule has 0 aromatic heterocycles. The average Bonchev–Trinajstić information content (AvgIpc) is 2.22. The van der Waals surface area contributed by atoms with Crippen molar-refractivity contribution in [2.45, 2.75) is 58.8 Å². The number of ether oxygens (including phenoxy) is 2. The largest absolute Gasteiger partial charge is 0.467 e. The number of alkyl carbamates (subject to hydrolysis) is 1. The van der Waals surface area contributed by atoms with E-state index >= 15 is 0 Å². The highest BCUT2D eigenvalue weighted by atomic mass is 16.6. The van der Waals surface area contributed by atoms with Gasteiger partial charge in [-0.1, -0.05) is 13.8 Å². The Labute approximate surface area is 114 Å². The zero-order valence-corrected chi connectivity index (χ0v) is 12.5. The molecule has 0 rings (SSSR count). The van der Waals surface area contributed by atoms with Gasteiger partial charge in [-0.3, -0.25) is 0 Å². The Morgan fingerprint density at radius 1 is 1.26 bits per heavy atom. The molecule has 0 saturated heterocycles. The first kappa shape index (κ1) is 17.7. The number of amides is 1. The van der Waals surface area contributed by atoms with E-state index in [0.29, 0.717) is 6.42 Å². The molecule has 2 atom stereocenters. The fourth-order valence-electron chi connectivity index (χ4n) is 1.52. The van der Waals surface area contributed by atoms with Crippen molar-refractivity contribution in [2.24, 2.45) is 5.92 Å². The molecule has 0 bridgehead atoms. The molecule has 6 nitrogen and oxygen atoms in total. The van der Waals surface area contributed by atoms with Crippen molar-refractivity contribution in [1.82, 2.24) is 5.32 Å². The molecule has 19 heavy (non-hydrogen) atoms. The van der Waals surface area contributed by atoms with Gasteiger partial charge in [-0.05, 0) is 33.1 Å². The number of hydrogen-bond acceptors (Lipinski definition) is 5. The third-order valence-electron chi connectivity index (χ3n) is 2.25. The van der Waals surface area contributed by atoms with E-state index in [4.69, 9.17) is 4.74 Å². The molecule has 0 unspecified atom stereocenters. The SMILES string of the molecule is COC(=O)[C@H](O)[C@@H](CC(C)C)NC(=O)OC(C)(C)C. The van der Waals surface area contributed by atoms with E-state index in [1.54, 1.807) is 20.8 Å². The van der Waals surface area contributed by atoms with Crippen LogP contribution in [0.1, 0.15) is 41.0 Å². The van der Waals surface area contributed by atoms with Gasteiger partial charge in [-0.25, -0.2) is 9.59 Å². The first-order chi connectivity index (χ1) is 8.56. The van der Waals surface area contributed by atoms with E-state index in [1.807, 2.05) is 13.8 Å². The summed E-state index contributed by atoms with van der Waals surface area (Å²) in [7, 11) is 1.19. The van der Waals surface area contributed by atoms with Gasteiger partial charge in [-0.15, -0.1) is 0 Å². The summed E-state index contributed by atoms with van der Waals surface area (Å²) in [6.45, 7) is 9.06. The Morgan fingerprint density at radius 2 is 1.79 bits per heavy atom. The Balaban J connectivity index is 4.68. The van der Waals surface area contributed by atoms with Crippen LogP contribution in [0.2, 0.25) is 0 Å². The summed E-state index contributed by atoms with van der Waals surface area (Å²) >= 11 is 0. The van der Waals surface area contributed by atoms with Gasteiger partial charge >= 0.3 is 12.1 Å². The van der Waals surface area contributed by atoms with Crippen LogP contribution in [0.15, 0.2) is 0 Å². The Kier molecular flexibility index (Phi) is 6.83. The first-order valence-electron chi connectivity index (χ1n) is 6.32. The predicted octanol–water partition coefficient (Wildman–Crippen LogP) is 1.46. The lowest BCUT2D eigenvalue weighted by atomic mass is 9.99. The monoisotopic (exact) mass is 275 g/mol. The lowest BCUT2D eigenvalue weighted by Crippen LogP contribution is -2.49. The van der Waals surface area contributed by atoms with Gasteiger partial charge in [0.05, 0.1) is 13.2 Å². The summed E-state index contributed by atoms with van der Waals surface area (Å²) in [5, 5.41) is 12.3. The first-order valence-corrected chi connectivity index (χ1v) is 6.32. The van der Waals surface area contributed by atoms with Gasteiger partial charge in [0.1, 0.15) is 5.60 Å². The van der Waals surface area contributed by atoms with Crippen LogP contribution in [0.3, 0.4) is 0 Å². The summed E-state index contributed by atoms with van der Waals surface area (Å²) in [5.74, 6) is -0.582. The number of carbonyl (C=O) groups is 2. The second-order valence-electron chi connectivity index (χ2n) is 5.85. The minimum Gasteiger partial charge on any atom is -0.467 e. The standard InChI is InChI=1S/C13H25NO5/c1-8(2)7-9(10(15)11(16)18-6)14-12(17)19-13(3,4)5/h8-10,15H,7H2,1-6H3,(H,14,17)/t9-,10-/m1/s1. The van der Waals surface area contributed by atoms with E-state index in [0.717, 1.165) is 0 Å². The van der Waals surface area contributed by atoms with E-state index in [1.165, 1.54) is 7.11 Å². The van der Waals surface area contributed by atoms with Crippen molar-refractivity contribution < 1.29 is 24.2 Å². The lowest BCUT2D eigenvalue weighted by molar-refractivity contribution is -0.152. The molecule has 0 aliphatic rings. The molecular weight excluding hydrogens is 250 g/mol. The molecule has 0 fully saturated rings. The molecule has 0 radical (unpaired) electrons. The fourth-order valence-corrected chi connectivity index (χ4v) is 1.52. The van der Waals surface area contributed by atoms with Gasteiger partial charge in [0, 0.05) is 0 Å². The number of hydrogen-bond donors (Lipinski definition) is 2. The molecule has 0 heterocycles. The smallest absolute Gasteiger partial charge is 0.407 e. The van der Waals surface area contributed by atoms with E-state index < -0.39 is 29.8 Å². The number of aliphatic hydroxyl groups is 1. The zero-order chi connectivity index (χ0) is 15.2. The summed E-state index contributed by atoms with van der Waals surface area (Å²) in [4.78, 5) is 23.0. The maximum absolute atomic E-state index is 11.7. The van der Waals surface area contributed by atoms with Crippen LogP contribution in [0.25, 0.3) is 0 Å². The molecular formula is C13H25NO5. The molecule has 0 saturated carbocycles. The Hall–Kier alpha value is -1.30. The van der Waals surface area contributed by atoms with Crippen LogP contribution in [-0.4, -0.2) is 42.0 Å². The highest BCUT2D eigenvalue weighted by Crippen LogP contribution is 2.12. The molecule has 0 aromatic carbocycles. The van der Waals surface area contributed by atoms with Crippen LogP contribution in [0.5, 0.6) is 0 Å². The van der Waals surface area contributed by atoms with E-state index in [9.17, 15) is 14.7 Å². The minimum absolute atomic E-state index is 0.194. The average molecular weight is 275 g/mol. The zero-order valence-electron chi connectivity index (χ0n) is 12.5. The Bertz CT molecular complexity index is 309. The van der Waals surface area contributed by atoms with Gasteiger partial charge in [0.2, 0.25) is 0 Å². The predicted molar refractivity (Wildman–Crippen MR) is 70.6 cm³/mol. The molecule has 0 aromatic rings. The van der Waals surface area contributed by atoms with Crippen LogP contribution < -0.4 is 5.32 Å². The quantitative estimate of drug-likeness (QED) is 0.742. The van der Waals surface area contributed by atoms with E-state index in [2.05, 4.69) is 10.1 Å². The summed E-state index contributed by atoms with van der Waals surface area (Å²) < 4.78 is 9.58. The maximum atomic E-state index is 11.7. The van der Waals surface area contributed by atoms with Crippen molar-refractivity contribution in [2.75, 3.05) is 7.11 Å². The number of aliphatic hydroxyl groups excluding tert-OH is 1. The van der Waals surface area contributed by atoms with Gasteiger partial charge in [-0.2, -0.15) is 0 Å². The summed E-state index contributed by atoms with van der Waals surface area (Å²) in [6.07, 6.45) is -1.63. The van der Waals surface area contributed by atoms with Crippen molar-refractivity contribution in [3.63, 3.8) is 0 Å². The highest BCUT2D eigenvalue weighted by Gasteiger charge is 2.30. The summed E-state index contributed by atoms with van der Waals surface area (Å²) in [5.41, 5.74) is -0.636. The van der Waals surface area contributed by atoms with Gasteiger partial charge < -0.3 is 19.9 Å². The molecule has 1 amide bonds. The van der Waals surface area contributed by atoms with Gasteiger partial charge in [0.25, 0.3) is 0 Å². The van der Waals surface area contributed by atoms with Crippen LogP contribution in [0, 0.1) is 5.92 Å². The minimum atomic E-state index is -1.40. The summed E-state index contributed by atoms with van der Waals surface area (Å²) in [6, 6.07) is -0.734. The van der Waals surface area contributed by atoms with Crippen LogP contribution >= 0.6 is 0 Å². The highest BCUT2D eigenvalue weighted by molar-refractivity contribution is 5.76. The number of rotatable bonds is 5. The molecule has 0 aliphatic carbocycles. The molecule has 0 spiro atoms. The molecule has 112 valence electrons. The molecule has 6 heteroatoms. The van der Waals surface area contributed by atoms with Crippen molar-refractivity contribution in [1.29, 1.82) is 0 Å². The third-order valence-corrected chi connectivity index (χ3v) is 2.25. The topological polar surface area (TPSA) is 84.9 Å². The Morgan fingerprint density at radius 3 is 2.16 bits per heavy atom. The maximum Gasteiger partial charge on any atom is 0.407 e. The van der Waals surface area contributed by atoms with Crippen LogP contribution in [0.4, 0.5) is 4.79 Å². The number of esters is 1. The normalized spacial score (nSPS) is 14.7. The second kappa shape index (κ2) is 7.33. The van der Waals surface area contributed by atoms with Crippen molar-refractivity contribution in [3.8, 4) is 0 Å². The third kappa shape index (κ3) is 7.66. The second-order valence-corrected chi connectivity index (χ2v) is 5.85. The fraction of sp³-hybridized carbons (Fsp3) is 0.846. The number of carbonyl (C=O) groups excluding carboxylic acids is 2. The number of nitrogens with one attached hydrogen (secondary N) is 1. The van der Waals surface area contributed by atoms with Crippen molar-refractivity contribution in [3.05, 3.63) is 0 Å². The lowest BCUT2D eigenvalue weighted by Gasteiger charge is -2.26. The van der Waals surface area contributed by atoms with Gasteiger partial charge in [0.15, 0.2) is 6.10 Å².